The number of nitrogens with zero attached hydrogens (tertiary/aromatic N) is 1. The lowest BCUT2D eigenvalue weighted by Gasteiger charge is -2.15. The minimum Gasteiger partial charge on any atom is -0.383 e. The zero-order valence-electron chi connectivity index (χ0n) is 12.4. The molecule has 20 heavy (non-hydrogen) atoms. The van der Waals surface area contributed by atoms with Crippen molar-refractivity contribution in [2.75, 3.05) is 23.7 Å². The van der Waals surface area contributed by atoms with Crippen molar-refractivity contribution in [3.05, 3.63) is 18.0 Å². The molecule has 0 unspecified atom stereocenters. The molecule has 0 fully saturated rings. The van der Waals surface area contributed by atoms with Crippen LogP contribution in [0.1, 0.15) is 45.1 Å². The molecule has 0 amide bonds. The second kappa shape index (κ2) is 13.3. The maximum atomic E-state index is 5.85. The molecule has 0 saturated carbocycles. The Morgan fingerprint density at radius 3 is 1.75 bits per heavy atom. The SMILES string of the molecule is CCCCNc1cncc(NCCCC)c1CN.Cl.Cl. The summed E-state index contributed by atoms with van der Waals surface area (Å²) in [6.45, 7) is 6.86. The first-order valence-corrected chi connectivity index (χ1v) is 6.98. The molecule has 4 N–H and O–H groups in total. The van der Waals surface area contributed by atoms with Gasteiger partial charge in [-0.05, 0) is 12.8 Å². The Hall–Kier alpha value is -0.710. The van der Waals surface area contributed by atoms with Crippen molar-refractivity contribution in [1.29, 1.82) is 0 Å². The molecular weight excluding hydrogens is 295 g/mol. The molecule has 0 aliphatic heterocycles. The van der Waals surface area contributed by atoms with Crippen LogP contribution in [0, 0.1) is 0 Å². The van der Waals surface area contributed by atoms with Gasteiger partial charge in [0.1, 0.15) is 0 Å². The third-order valence-corrected chi connectivity index (χ3v) is 2.95. The Morgan fingerprint density at radius 2 is 1.40 bits per heavy atom. The van der Waals surface area contributed by atoms with Crippen LogP contribution in [0.4, 0.5) is 11.4 Å². The summed E-state index contributed by atoms with van der Waals surface area (Å²) in [4.78, 5) is 4.27. The van der Waals surface area contributed by atoms with Crippen LogP contribution in [0.5, 0.6) is 0 Å². The molecule has 0 saturated heterocycles. The van der Waals surface area contributed by atoms with E-state index in [4.69, 9.17) is 5.73 Å². The average Bonchev–Trinajstić information content (AvgIpc) is 2.39. The van der Waals surface area contributed by atoms with Crippen LogP contribution in [0.3, 0.4) is 0 Å². The normalized spacial score (nSPS) is 9.35. The first kappa shape index (κ1) is 21.6. The molecule has 6 heteroatoms. The lowest BCUT2D eigenvalue weighted by molar-refractivity contribution is 0.827. The van der Waals surface area contributed by atoms with Gasteiger partial charge in [-0.15, -0.1) is 24.8 Å². The fraction of sp³-hybridized carbons (Fsp3) is 0.643. The number of nitrogens with one attached hydrogen (secondary N) is 2. The highest BCUT2D eigenvalue weighted by atomic mass is 35.5. The number of rotatable bonds is 9. The Kier molecular flexibility index (Phi) is 14.3. The van der Waals surface area contributed by atoms with E-state index in [0.717, 1.165) is 42.9 Å². The standard InChI is InChI=1S/C14H26N4.2ClH/c1-3-5-7-17-13-10-16-11-14(12(13)9-15)18-8-6-4-2;;/h10-11,17-18H,3-9,15H2,1-2H3;2*1H. The topological polar surface area (TPSA) is 63.0 Å². The molecule has 1 rings (SSSR count). The molecule has 0 aliphatic carbocycles. The molecule has 0 spiro atoms. The lowest BCUT2D eigenvalue weighted by atomic mass is 10.1. The lowest BCUT2D eigenvalue weighted by Crippen LogP contribution is -2.12. The van der Waals surface area contributed by atoms with Crippen LogP contribution in [-0.4, -0.2) is 18.1 Å². The van der Waals surface area contributed by atoms with Crippen LogP contribution < -0.4 is 16.4 Å². The summed E-state index contributed by atoms with van der Waals surface area (Å²) in [5, 5.41) is 6.83. The third kappa shape index (κ3) is 7.17. The fourth-order valence-corrected chi connectivity index (χ4v) is 1.81. The maximum absolute atomic E-state index is 5.85. The van der Waals surface area contributed by atoms with Gasteiger partial charge in [-0.1, -0.05) is 26.7 Å². The number of hydrogen-bond acceptors (Lipinski definition) is 4. The summed E-state index contributed by atoms with van der Waals surface area (Å²) in [5.41, 5.74) is 9.11. The Labute approximate surface area is 135 Å². The first-order chi connectivity index (χ1) is 8.83. The van der Waals surface area contributed by atoms with E-state index < -0.39 is 0 Å². The van der Waals surface area contributed by atoms with Gasteiger partial charge < -0.3 is 16.4 Å². The van der Waals surface area contributed by atoms with Crippen LogP contribution in [0.2, 0.25) is 0 Å². The van der Waals surface area contributed by atoms with Crippen molar-refractivity contribution in [2.45, 2.75) is 46.1 Å². The Bertz CT molecular complexity index is 320. The molecule has 118 valence electrons. The smallest absolute Gasteiger partial charge is 0.0593 e. The fourth-order valence-electron chi connectivity index (χ4n) is 1.81. The molecule has 0 bridgehead atoms. The molecule has 1 aromatic rings. The highest BCUT2D eigenvalue weighted by Gasteiger charge is 2.06. The molecule has 0 aliphatic rings. The van der Waals surface area contributed by atoms with Gasteiger partial charge in [0, 0.05) is 25.2 Å². The zero-order valence-corrected chi connectivity index (χ0v) is 14.1. The average molecular weight is 323 g/mol. The Balaban J connectivity index is 0. The van der Waals surface area contributed by atoms with Gasteiger partial charge >= 0.3 is 0 Å². The van der Waals surface area contributed by atoms with Crippen LogP contribution in [-0.2, 0) is 6.54 Å². The minimum absolute atomic E-state index is 0. The summed E-state index contributed by atoms with van der Waals surface area (Å²) in [5.74, 6) is 0. The molecule has 1 heterocycles. The van der Waals surface area contributed by atoms with Crippen molar-refractivity contribution in [3.63, 3.8) is 0 Å². The predicted molar refractivity (Wildman–Crippen MR) is 93.4 cm³/mol. The number of anilines is 2. The summed E-state index contributed by atoms with van der Waals surface area (Å²) in [7, 11) is 0. The highest BCUT2D eigenvalue weighted by molar-refractivity contribution is 5.85. The van der Waals surface area contributed by atoms with E-state index in [0.29, 0.717) is 6.54 Å². The van der Waals surface area contributed by atoms with Gasteiger partial charge in [0.15, 0.2) is 0 Å². The molecule has 0 aromatic carbocycles. The molecule has 0 radical (unpaired) electrons. The summed E-state index contributed by atoms with van der Waals surface area (Å²) >= 11 is 0. The van der Waals surface area contributed by atoms with Gasteiger partial charge in [-0.2, -0.15) is 0 Å². The van der Waals surface area contributed by atoms with Crippen molar-refractivity contribution < 1.29 is 0 Å². The van der Waals surface area contributed by atoms with Crippen molar-refractivity contribution >= 4 is 36.2 Å². The monoisotopic (exact) mass is 322 g/mol. The molecule has 1 aromatic heterocycles. The summed E-state index contributed by atoms with van der Waals surface area (Å²) in [6.07, 6.45) is 8.43. The van der Waals surface area contributed by atoms with E-state index >= 15 is 0 Å². The van der Waals surface area contributed by atoms with Crippen molar-refractivity contribution in [3.8, 4) is 0 Å². The van der Waals surface area contributed by atoms with Gasteiger partial charge in [-0.3, -0.25) is 4.98 Å². The third-order valence-electron chi connectivity index (χ3n) is 2.95. The van der Waals surface area contributed by atoms with E-state index in [1.807, 2.05) is 12.4 Å². The largest absolute Gasteiger partial charge is 0.383 e. The Morgan fingerprint density at radius 1 is 0.950 bits per heavy atom. The van der Waals surface area contributed by atoms with Gasteiger partial charge in [0.25, 0.3) is 0 Å². The van der Waals surface area contributed by atoms with E-state index in [1.54, 1.807) is 0 Å². The maximum Gasteiger partial charge on any atom is 0.0593 e. The summed E-state index contributed by atoms with van der Waals surface area (Å²) in [6, 6.07) is 0. The number of halogens is 2. The number of aromatic nitrogens is 1. The number of pyridine rings is 1. The van der Waals surface area contributed by atoms with Gasteiger partial charge in [0.05, 0.1) is 23.8 Å². The zero-order chi connectivity index (χ0) is 13.2. The number of nitrogens with two attached hydrogens (primary N) is 1. The second-order valence-electron chi connectivity index (χ2n) is 4.48. The predicted octanol–water partition coefficient (Wildman–Crippen LogP) is 3.81. The van der Waals surface area contributed by atoms with E-state index in [-0.39, 0.29) is 24.8 Å². The minimum atomic E-state index is 0. The second-order valence-corrected chi connectivity index (χ2v) is 4.48. The van der Waals surface area contributed by atoms with E-state index in [1.165, 1.54) is 12.8 Å². The van der Waals surface area contributed by atoms with Crippen molar-refractivity contribution in [1.82, 2.24) is 4.98 Å². The number of hydrogen-bond donors (Lipinski definition) is 3. The molecule has 4 nitrogen and oxygen atoms in total. The summed E-state index contributed by atoms with van der Waals surface area (Å²) < 4.78 is 0. The van der Waals surface area contributed by atoms with E-state index in [2.05, 4.69) is 29.5 Å². The highest BCUT2D eigenvalue weighted by Crippen LogP contribution is 2.22. The van der Waals surface area contributed by atoms with Gasteiger partial charge in [-0.25, -0.2) is 0 Å². The van der Waals surface area contributed by atoms with Gasteiger partial charge in [0.2, 0.25) is 0 Å². The first-order valence-electron chi connectivity index (χ1n) is 6.98. The molecule has 0 atom stereocenters. The van der Waals surface area contributed by atoms with E-state index in [9.17, 15) is 0 Å². The van der Waals surface area contributed by atoms with Crippen LogP contribution >= 0.6 is 24.8 Å². The van der Waals surface area contributed by atoms with Crippen molar-refractivity contribution in [2.24, 2.45) is 5.73 Å². The van der Waals surface area contributed by atoms with Crippen LogP contribution in [0.15, 0.2) is 12.4 Å². The molecular formula is C14H28Cl2N4. The van der Waals surface area contributed by atoms with Crippen LogP contribution in [0.25, 0.3) is 0 Å². The quantitative estimate of drug-likeness (QED) is 0.605. The number of unbranched alkanes of at least 4 members (excludes halogenated alkanes) is 2.